The van der Waals surface area contributed by atoms with Crippen molar-refractivity contribution >= 4 is 11.7 Å². The van der Waals surface area contributed by atoms with Crippen LogP contribution in [0.4, 0.5) is 0 Å². The number of fused-ring (bicyclic) bond motifs is 1. The summed E-state index contributed by atoms with van der Waals surface area (Å²) in [5.74, 6) is 1.29. The fraction of sp³-hybridized carbons (Fsp3) is 0.357. The van der Waals surface area contributed by atoms with Crippen molar-refractivity contribution < 1.29 is 4.79 Å². The highest BCUT2D eigenvalue weighted by Crippen LogP contribution is 2.29. The van der Waals surface area contributed by atoms with E-state index < -0.39 is 0 Å². The first-order chi connectivity index (χ1) is 10.7. The van der Waals surface area contributed by atoms with Crippen LogP contribution in [-0.2, 0) is 13.6 Å². The third-order valence-corrected chi connectivity index (χ3v) is 3.79. The molecule has 0 aliphatic heterocycles. The van der Waals surface area contributed by atoms with Gasteiger partial charge in [0.15, 0.2) is 0 Å². The predicted octanol–water partition coefficient (Wildman–Crippen LogP) is 0.663. The lowest BCUT2D eigenvalue weighted by Gasteiger charge is -2.20. The van der Waals surface area contributed by atoms with Gasteiger partial charge in [-0.15, -0.1) is 5.10 Å². The molecule has 8 heteroatoms. The molecule has 1 amide bonds. The van der Waals surface area contributed by atoms with Gasteiger partial charge >= 0.3 is 0 Å². The molecule has 0 bridgehead atoms. The number of hydrogen-bond donors (Lipinski definition) is 0. The van der Waals surface area contributed by atoms with Crippen LogP contribution in [0.5, 0.6) is 0 Å². The zero-order chi connectivity index (χ0) is 15.1. The molecule has 3 heterocycles. The third kappa shape index (κ3) is 2.22. The van der Waals surface area contributed by atoms with Gasteiger partial charge in [-0.2, -0.15) is 4.98 Å². The Bertz CT molecular complexity index is 799. The van der Waals surface area contributed by atoms with E-state index in [9.17, 15) is 4.79 Å². The Morgan fingerprint density at radius 3 is 2.86 bits per heavy atom. The van der Waals surface area contributed by atoms with Crippen molar-refractivity contribution in [3.05, 3.63) is 42.5 Å². The molecule has 8 nitrogen and oxygen atoms in total. The largest absolute Gasteiger partial charge is 0.337 e. The maximum Gasteiger partial charge on any atom is 0.294 e. The fourth-order valence-electron chi connectivity index (χ4n) is 2.41. The molecular formula is C14H15N7O. The summed E-state index contributed by atoms with van der Waals surface area (Å²) in [6, 6.07) is 2.01. The zero-order valence-electron chi connectivity index (χ0n) is 12.1. The Balaban J connectivity index is 1.64. The van der Waals surface area contributed by atoms with Crippen molar-refractivity contribution in [1.29, 1.82) is 0 Å². The molecule has 0 radical (unpaired) electrons. The van der Waals surface area contributed by atoms with Crippen LogP contribution in [0.3, 0.4) is 0 Å². The summed E-state index contributed by atoms with van der Waals surface area (Å²) < 4.78 is 3.43. The van der Waals surface area contributed by atoms with E-state index in [1.54, 1.807) is 29.6 Å². The van der Waals surface area contributed by atoms with Gasteiger partial charge < -0.3 is 9.47 Å². The van der Waals surface area contributed by atoms with Crippen molar-refractivity contribution in [3.8, 4) is 0 Å². The maximum absolute atomic E-state index is 12.8. The van der Waals surface area contributed by atoms with Crippen molar-refractivity contribution in [1.82, 2.24) is 34.0 Å². The van der Waals surface area contributed by atoms with Gasteiger partial charge in [-0.05, 0) is 18.9 Å². The van der Waals surface area contributed by atoms with Crippen LogP contribution in [0.1, 0.15) is 29.3 Å². The van der Waals surface area contributed by atoms with E-state index in [4.69, 9.17) is 0 Å². The topological polar surface area (TPSA) is 81.2 Å². The van der Waals surface area contributed by atoms with E-state index in [-0.39, 0.29) is 17.8 Å². The summed E-state index contributed by atoms with van der Waals surface area (Å²) in [7, 11) is 1.92. The van der Waals surface area contributed by atoms with E-state index in [2.05, 4.69) is 20.1 Å². The molecule has 112 valence electrons. The lowest BCUT2D eigenvalue weighted by atomic mass is 10.4. The SMILES string of the molecule is Cn1ccnc1CN(C(=O)c1nc2ncccn2n1)C1CC1. The van der Waals surface area contributed by atoms with Gasteiger partial charge in [0.25, 0.3) is 11.7 Å². The van der Waals surface area contributed by atoms with Gasteiger partial charge in [0.2, 0.25) is 5.82 Å². The first kappa shape index (κ1) is 12.9. The second-order valence-electron chi connectivity index (χ2n) is 5.42. The van der Waals surface area contributed by atoms with Gasteiger partial charge in [-0.1, -0.05) is 0 Å². The van der Waals surface area contributed by atoms with Gasteiger partial charge in [-0.25, -0.2) is 14.5 Å². The first-order valence-electron chi connectivity index (χ1n) is 7.17. The van der Waals surface area contributed by atoms with Gasteiger partial charge in [0.1, 0.15) is 5.82 Å². The fourth-order valence-corrected chi connectivity index (χ4v) is 2.41. The Hall–Kier alpha value is -2.77. The van der Waals surface area contributed by atoms with Crippen LogP contribution in [0.15, 0.2) is 30.9 Å². The molecule has 0 unspecified atom stereocenters. The number of amides is 1. The van der Waals surface area contributed by atoms with E-state index >= 15 is 0 Å². The minimum Gasteiger partial charge on any atom is -0.337 e. The molecule has 0 saturated heterocycles. The molecule has 0 N–H and O–H groups in total. The number of aromatic nitrogens is 6. The second kappa shape index (κ2) is 4.90. The maximum atomic E-state index is 12.8. The first-order valence-corrected chi connectivity index (χ1v) is 7.17. The van der Waals surface area contributed by atoms with E-state index in [0.717, 1.165) is 18.7 Å². The normalized spacial score (nSPS) is 14.4. The van der Waals surface area contributed by atoms with Crippen molar-refractivity contribution in [2.75, 3.05) is 0 Å². The van der Waals surface area contributed by atoms with Gasteiger partial charge in [0.05, 0.1) is 6.54 Å². The van der Waals surface area contributed by atoms with E-state index in [1.807, 2.05) is 17.8 Å². The third-order valence-electron chi connectivity index (χ3n) is 3.79. The summed E-state index contributed by atoms with van der Waals surface area (Å²) in [6.07, 6.45) is 9.00. The number of hydrogen-bond acceptors (Lipinski definition) is 5. The van der Waals surface area contributed by atoms with Crippen LogP contribution in [0.2, 0.25) is 0 Å². The van der Waals surface area contributed by atoms with Crippen LogP contribution < -0.4 is 0 Å². The highest BCUT2D eigenvalue weighted by atomic mass is 16.2. The molecular weight excluding hydrogens is 282 g/mol. The molecule has 22 heavy (non-hydrogen) atoms. The van der Waals surface area contributed by atoms with Gasteiger partial charge in [0, 0.05) is 37.9 Å². The number of carbonyl (C=O) groups excluding carboxylic acids is 1. The molecule has 1 fully saturated rings. The Morgan fingerprint density at radius 1 is 1.32 bits per heavy atom. The molecule has 3 aromatic rings. The molecule has 1 saturated carbocycles. The van der Waals surface area contributed by atoms with Crippen molar-refractivity contribution in [2.24, 2.45) is 7.05 Å². The summed E-state index contributed by atoms with van der Waals surface area (Å²) in [6.45, 7) is 0.468. The summed E-state index contributed by atoms with van der Waals surface area (Å²) in [5, 5.41) is 4.22. The minimum atomic E-state index is -0.170. The van der Waals surface area contributed by atoms with Crippen LogP contribution in [-0.4, -0.2) is 46.0 Å². The average molecular weight is 297 g/mol. The highest BCUT2D eigenvalue weighted by molar-refractivity contribution is 5.91. The lowest BCUT2D eigenvalue weighted by molar-refractivity contribution is 0.0711. The Kier molecular flexibility index (Phi) is 2.88. The van der Waals surface area contributed by atoms with Crippen LogP contribution >= 0.6 is 0 Å². The number of carbonyl (C=O) groups is 1. The van der Waals surface area contributed by atoms with Crippen LogP contribution in [0, 0.1) is 0 Å². The predicted molar refractivity (Wildman–Crippen MR) is 76.9 cm³/mol. The number of nitrogens with zero attached hydrogens (tertiary/aromatic N) is 7. The van der Waals surface area contributed by atoms with E-state index in [1.165, 1.54) is 4.52 Å². The Morgan fingerprint density at radius 2 is 2.18 bits per heavy atom. The number of rotatable bonds is 4. The summed E-state index contributed by atoms with van der Waals surface area (Å²) >= 11 is 0. The molecule has 0 spiro atoms. The molecule has 4 rings (SSSR count). The number of imidazole rings is 1. The molecule has 1 aliphatic carbocycles. The van der Waals surface area contributed by atoms with E-state index in [0.29, 0.717) is 12.3 Å². The quantitative estimate of drug-likeness (QED) is 0.706. The van der Waals surface area contributed by atoms with Gasteiger partial charge in [-0.3, -0.25) is 4.79 Å². The van der Waals surface area contributed by atoms with Crippen molar-refractivity contribution in [3.63, 3.8) is 0 Å². The average Bonchev–Trinajstić information content (AvgIpc) is 3.14. The zero-order valence-corrected chi connectivity index (χ0v) is 12.1. The van der Waals surface area contributed by atoms with Crippen LogP contribution in [0.25, 0.3) is 5.78 Å². The highest BCUT2D eigenvalue weighted by Gasteiger charge is 2.35. The molecule has 1 aliphatic rings. The molecule has 3 aromatic heterocycles. The summed E-state index contributed by atoms with van der Waals surface area (Å²) in [4.78, 5) is 27.2. The second-order valence-corrected chi connectivity index (χ2v) is 5.42. The number of aryl methyl sites for hydroxylation is 1. The smallest absolute Gasteiger partial charge is 0.294 e. The van der Waals surface area contributed by atoms with Crippen molar-refractivity contribution in [2.45, 2.75) is 25.4 Å². The Labute approximate surface area is 126 Å². The summed E-state index contributed by atoms with van der Waals surface area (Å²) in [5.41, 5.74) is 0. The standard InChI is InChI=1S/C14H15N7O/c1-19-8-6-15-11(19)9-20(10-3-4-10)13(22)12-17-14-16-5-2-7-21(14)18-12/h2,5-8,10H,3-4,9H2,1H3. The molecule has 0 atom stereocenters. The monoisotopic (exact) mass is 297 g/mol. The lowest BCUT2D eigenvalue weighted by Crippen LogP contribution is -2.34. The minimum absolute atomic E-state index is 0.170. The molecule has 0 aromatic carbocycles.